The van der Waals surface area contributed by atoms with Crippen LogP contribution in [0.3, 0.4) is 0 Å². The van der Waals surface area contributed by atoms with Crippen LogP contribution in [-0.4, -0.2) is 37.2 Å². The molecule has 1 amide bonds. The number of aromatic nitrogens is 5. The summed E-state index contributed by atoms with van der Waals surface area (Å²) in [4.78, 5) is 24.5. The Morgan fingerprint density at radius 3 is 2.75 bits per heavy atom. The van der Waals surface area contributed by atoms with Crippen molar-refractivity contribution < 1.29 is 4.79 Å². The molecule has 0 aliphatic heterocycles. The number of nitrogens with zero attached hydrogens (tertiary/aromatic N) is 5. The molecule has 0 saturated heterocycles. The summed E-state index contributed by atoms with van der Waals surface area (Å²) in [6, 6.07) is 3.84. The Kier molecular flexibility index (Phi) is 4.88. The molecular formula is C19H22N8O. The second kappa shape index (κ2) is 7.63. The Labute approximate surface area is 162 Å². The van der Waals surface area contributed by atoms with Crippen molar-refractivity contribution in [2.24, 2.45) is 12.8 Å². The summed E-state index contributed by atoms with van der Waals surface area (Å²) in [6.07, 6.45) is 9.81. The molecule has 28 heavy (non-hydrogen) atoms. The molecule has 1 fully saturated rings. The summed E-state index contributed by atoms with van der Waals surface area (Å²) in [5.41, 5.74) is 8.89. The van der Waals surface area contributed by atoms with Crippen LogP contribution in [0.5, 0.6) is 0 Å². The van der Waals surface area contributed by atoms with Crippen molar-refractivity contribution >= 4 is 23.4 Å². The van der Waals surface area contributed by atoms with Crippen LogP contribution in [0, 0.1) is 0 Å². The fourth-order valence-corrected chi connectivity index (χ4v) is 2.91. The Morgan fingerprint density at radius 1 is 1.25 bits per heavy atom. The van der Waals surface area contributed by atoms with Crippen LogP contribution >= 0.6 is 0 Å². The van der Waals surface area contributed by atoms with Crippen molar-refractivity contribution in [3.63, 3.8) is 0 Å². The highest BCUT2D eigenvalue weighted by atomic mass is 16.1. The van der Waals surface area contributed by atoms with Gasteiger partial charge in [-0.2, -0.15) is 10.1 Å². The zero-order valence-electron chi connectivity index (χ0n) is 15.6. The third kappa shape index (κ3) is 4.25. The zero-order chi connectivity index (χ0) is 19.5. The Bertz CT molecular complexity index is 978. The highest BCUT2D eigenvalue weighted by Gasteiger charge is 2.27. The molecule has 0 radical (unpaired) electrons. The van der Waals surface area contributed by atoms with E-state index in [1.807, 2.05) is 31.6 Å². The second-order valence-electron chi connectivity index (χ2n) is 6.87. The summed E-state index contributed by atoms with van der Waals surface area (Å²) in [6.45, 7) is 0.451. The van der Waals surface area contributed by atoms with Gasteiger partial charge in [0, 0.05) is 43.5 Å². The van der Waals surface area contributed by atoms with Crippen molar-refractivity contribution in [2.45, 2.75) is 25.2 Å². The quantitative estimate of drug-likeness (QED) is 0.549. The van der Waals surface area contributed by atoms with Gasteiger partial charge in [-0.1, -0.05) is 0 Å². The van der Waals surface area contributed by atoms with Crippen LogP contribution in [0.1, 0.15) is 30.7 Å². The number of nitrogens with one attached hydrogen (secondary N) is 2. The van der Waals surface area contributed by atoms with E-state index in [9.17, 15) is 4.79 Å². The summed E-state index contributed by atoms with van der Waals surface area (Å²) in [5.74, 6) is 1.38. The molecule has 4 N–H and O–H groups in total. The van der Waals surface area contributed by atoms with E-state index in [0.717, 1.165) is 41.2 Å². The van der Waals surface area contributed by atoms with Crippen LogP contribution in [0.4, 0.5) is 17.5 Å². The maximum Gasteiger partial charge on any atom is 0.229 e. The Balaban J connectivity index is 1.48. The average molecular weight is 378 g/mol. The predicted octanol–water partition coefficient (Wildman–Crippen LogP) is 2.18. The number of rotatable bonds is 8. The fourth-order valence-electron chi connectivity index (χ4n) is 2.91. The van der Waals surface area contributed by atoms with Crippen molar-refractivity contribution in [3.05, 3.63) is 42.5 Å². The zero-order valence-corrected chi connectivity index (χ0v) is 15.6. The molecule has 0 aromatic carbocycles. The van der Waals surface area contributed by atoms with Crippen LogP contribution in [-0.2, 0) is 11.8 Å². The molecule has 0 atom stereocenters. The number of pyridine rings is 1. The number of primary amides is 1. The Hall–Kier alpha value is -3.49. The normalized spacial score (nSPS) is 13.3. The van der Waals surface area contributed by atoms with Crippen LogP contribution in [0.15, 0.2) is 36.9 Å². The molecule has 9 nitrogen and oxygen atoms in total. The first-order chi connectivity index (χ1) is 13.6. The van der Waals surface area contributed by atoms with Gasteiger partial charge < -0.3 is 16.4 Å². The van der Waals surface area contributed by atoms with Crippen LogP contribution < -0.4 is 16.4 Å². The van der Waals surface area contributed by atoms with E-state index in [1.54, 1.807) is 17.1 Å². The van der Waals surface area contributed by atoms with Crippen molar-refractivity contribution in [1.29, 1.82) is 0 Å². The monoisotopic (exact) mass is 378 g/mol. The lowest BCUT2D eigenvalue weighted by Gasteiger charge is -2.12. The van der Waals surface area contributed by atoms with E-state index in [-0.39, 0.29) is 12.3 Å². The van der Waals surface area contributed by atoms with E-state index in [0.29, 0.717) is 18.4 Å². The largest absolute Gasteiger partial charge is 0.370 e. The first-order valence-corrected chi connectivity index (χ1v) is 9.19. The number of carbonyl (C=O) groups is 1. The molecule has 3 aromatic heterocycles. The van der Waals surface area contributed by atoms with Gasteiger partial charge in [0.2, 0.25) is 11.9 Å². The van der Waals surface area contributed by atoms with E-state index >= 15 is 0 Å². The lowest BCUT2D eigenvalue weighted by molar-refractivity contribution is -0.117. The van der Waals surface area contributed by atoms with Gasteiger partial charge in [0.15, 0.2) is 0 Å². The van der Waals surface area contributed by atoms with Crippen LogP contribution in [0.25, 0.3) is 11.3 Å². The Morgan fingerprint density at radius 2 is 2.11 bits per heavy atom. The lowest BCUT2D eigenvalue weighted by atomic mass is 10.2. The third-order valence-corrected chi connectivity index (χ3v) is 4.52. The SMILES string of the molecule is Cn1cc(-c2ccc(Nc3ncc(C4CC4)c(NCCC(N)=O)n3)cn2)cn1. The third-order valence-electron chi connectivity index (χ3n) is 4.52. The molecule has 1 aliphatic carbocycles. The highest BCUT2D eigenvalue weighted by molar-refractivity contribution is 5.74. The number of carbonyl (C=O) groups excluding carboxylic acids is 1. The van der Waals surface area contributed by atoms with E-state index in [4.69, 9.17) is 5.73 Å². The molecule has 9 heteroatoms. The van der Waals surface area contributed by atoms with E-state index in [2.05, 4.69) is 30.7 Å². The molecule has 0 unspecified atom stereocenters. The predicted molar refractivity (Wildman–Crippen MR) is 106 cm³/mol. The first kappa shape index (κ1) is 17.9. The molecular weight excluding hydrogens is 356 g/mol. The molecule has 3 heterocycles. The summed E-state index contributed by atoms with van der Waals surface area (Å²) in [7, 11) is 1.87. The fraction of sp³-hybridized carbons (Fsp3) is 0.316. The maximum absolute atomic E-state index is 11.0. The van der Waals surface area contributed by atoms with Gasteiger partial charge in [0.25, 0.3) is 0 Å². The number of anilines is 3. The number of nitrogens with two attached hydrogens (primary N) is 1. The van der Waals surface area contributed by atoms with Gasteiger partial charge in [-0.3, -0.25) is 14.5 Å². The standard InChI is InChI=1S/C19H22N8O/c1-27-11-13(8-24-27)16-5-4-14(9-22-16)25-19-23-10-15(12-2-3-12)18(26-19)21-7-6-17(20)28/h4-5,8-12H,2-3,6-7H2,1H3,(H2,20,28)(H2,21,23,25,26). The summed E-state index contributed by atoms with van der Waals surface area (Å²) >= 11 is 0. The minimum atomic E-state index is -0.340. The number of amides is 1. The highest BCUT2D eigenvalue weighted by Crippen LogP contribution is 2.42. The molecule has 1 saturated carbocycles. The minimum absolute atomic E-state index is 0.261. The molecule has 1 aliphatic rings. The number of hydrogen-bond donors (Lipinski definition) is 3. The molecule has 4 rings (SSSR count). The summed E-state index contributed by atoms with van der Waals surface area (Å²) < 4.78 is 1.74. The molecule has 3 aromatic rings. The number of hydrogen-bond acceptors (Lipinski definition) is 7. The van der Waals surface area contributed by atoms with Gasteiger partial charge in [-0.15, -0.1) is 0 Å². The van der Waals surface area contributed by atoms with Crippen molar-refractivity contribution in [1.82, 2.24) is 24.7 Å². The maximum atomic E-state index is 11.0. The molecule has 0 spiro atoms. The van der Waals surface area contributed by atoms with Gasteiger partial charge in [-0.25, -0.2) is 4.98 Å². The smallest absolute Gasteiger partial charge is 0.229 e. The lowest BCUT2D eigenvalue weighted by Crippen LogP contribution is -2.17. The topological polar surface area (TPSA) is 124 Å². The van der Waals surface area contributed by atoms with Gasteiger partial charge in [0.1, 0.15) is 5.82 Å². The van der Waals surface area contributed by atoms with E-state index < -0.39 is 0 Å². The van der Waals surface area contributed by atoms with Gasteiger partial charge in [0.05, 0.1) is 23.8 Å². The number of aryl methyl sites for hydroxylation is 1. The average Bonchev–Trinajstić information content (AvgIpc) is 3.43. The van der Waals surface area contributed by atoms with Crippen molar-refractivity contribution in [2.75, 3.05) is 17.2 Å². The molecule has 0 bridgehead atoms. The van der Waals surface area contributed by atoms with Crippen molar-refractivity contribution in [3.8, 4) is 11.3 Å². The van der Waals surface area contributed by atoms with Gasteiger partial charge >= 0.3 is 0 Å². The summed E-state index contributed by atoms with van der Waals surface area (Å²) in [5, 5.41) is 10.5. The van der Waals surface area contributed by atoms with Gasteiger partial charge in [-0.05, 0) is 30.9 Å². The van der Waals surface area contributed by atoms with Crippen LogP contribution in [0.2, 0.25) is 0 Å². The molecule has 144 valence electrons. The first-order valence-electron chi connectivity index (χ1n) is 9.19. The minimum Gasteiger partial charge on any atom is -0.370 e. The second-order valence-corrected chi connectivity index (χ2v) is 6.87. The van der Waals surface area contributed by atoms with E-state index in [1.165, 1.54) is 0 Å².